The average Bonchev–Trinajstić information content (AvgIpc) is 2.85. The zero-order chi connectivity index (χ0) is 14.5. The maximum absolute atomic E-state index is 13.6. The molecule has 106 valence electrons. The second-order valence-corrected chi connectivity index (χ2v) is 4.39. The van der Waals surface area contributed by atoms with Crippen LogP contribution in [0.1, 0.15) is 29.5 Å². The van der Waals surface area contributed by atoms with Crippen molar-refractivity contribution >= 4 is 11.7 Å². The minimum Gasteiger partial charge on any atom is -0.478 e. The van der Waals surface area contributed by atoms with Gasteiger partial charge in [-0.1, -0.05) is 6.92 Å². The summed E-state index contributed by atoms with van der Waals surface area (Å²) in [7, 11) is 0. The Hall–Kier alpha value is -2.37. The van der Waals surface area contributed by atoms with Crippen LogP contribution in [0.3, 0.4) is 0 Å². The minimum atomic E-state index is -1.08. The Balaban J connectivity index is 2.12. The van der Waals surface area contributed by atoms with Gasteiger partial charge >= 0.3 is 5.97 Å². The first-order valence-corrected chi connectivity index (χ1v) is 6.38. The Labute approximate surface area is 116 Å². The lowest BCUT2D eigenvalue weighted by Crippen LogP contribution is -2.10. The molecule has 0 aliphatic heterocycles. The van der Waals surface area contributed by atoms with Crippen molar-refractivity contribution in [1.29, 1.82) is 0 Å². The lowest BCUT2D eigenvalue weighted by atomic mass is 10.2. The molecule has 0 saturated carbocycles. The van der Waals surface area contributed by atoms with Gasteiger partial charge in [-0.05, 0) is 24.6 Å². The van der Waals surface area contributed by atoms with Crippen LogP contribution in [0.25, 0.3) is 0 Å². The standard InChI is InChI=1S/C14H16FN3O2/c1-2-6-18-7-5-16-13(18)9-17-12-8-10(14(19)20)3-4-11(12)15/h3-5,7-8,17H,2,6,9H2,1H3,(H,19,20). The molecule has 0 aliphatic rings. The summed E-state index contributed by atoms with van der Waals surface area (Å²) < 4.78 is 15.6. The van der Waals surface area contributed by atoms with E-state index in [1.807, 2.05) is 10.8 Å². The molecule has 1 heterocycles. The first-order chi connectivity index (χ1) is 9.61. The summed E-state index contributed by atoms with van der Waals surface area (Å²) in [5.74, 6) is -0.781. The predicted molar refractivity (Wildman–Crippen MR) is 73.2 cm³/mol. The Kier molecular flexibility index (Phi) is 4.34. The van der Waals surface area contributed by atoms with Crippen LogP contribution in [0.15, 0.2) is 30.6 Å². The van der Waals surface area contributed by atoms with Gasteiger partial charge in [0.05, 0.1) is 17.8 Å². The van der Waals surface area contributed by atoms with Gasteiger partial charge in [0, 0.05) is 18.9 Å². The van der Waals surface area contributed by atoms with Crippen LogP contribution in [0, 0.1) is 5.82 Å². The van der Waals surface area contributed by atoms with E-state index < -0.39 is 11.8 Å². The maximum Gasteiger partial charge on any atom is 0.335 e. The van der Waals surface area contributed by atoms with Crippen molar-refractivity contribution in [2.45, 2.75) is 26.4 Å². The van der Waals surface area contributed by atoms with Gasteiger partial charge in [-0.2, -0.15) is 0 Å². The predicted octanol–water partition coefficient (Wildman–Crippen LogP) is 2.74. The number of nitrogens with one attached hydrogen (secondary N) is 1. The summed E-state index contributed by atoms with van der Waals surface area (Å²) in [5, 5.41) is 11.8. The summed E-state index contributed by atoms with van der Waals surface area (Å²) in [5.41, 5.74) is 0.210. The molecule has 0 aliphatic carbocycles. The topological polar surface area (TPSA) is 67.2 Å². The molecule has 0 unspecified atom stereocenters. The number of aromatic carboxylic acids is 1. The zero-order valence-electron chi connectivity index (χ0n) is 11.1. The van der Waals surface area contributed by atoms with Gasteiger partial charge in [0.25, 0.3) is 0 Å². The van der Waals surface area contributed by atoms with Gasteiger partial charge in [-0.25, -0.2) is 14.2 Å². The number of anilines is 1. The van der Waals surface area contributed by atoms with Crippen LogP contribution >= 0.6 is 0 Å². The van der Waals surface area contributed by atoms with Crippen LogP contribution in [-0.4, -0.2) is 20.6 Å². The fourth-order valence-corrected chi connectivity index (χ4v) is 1.92. The molecular weight excluding hydrogens is 261 g/mol. The van der Waals surface area contributed by atoms with Gasteiger partial charge in [-0.15, -0.1) is 0 Å². The first kappa shape index (κ1) is 14.0. The van der Waals surface area contributed by atoms with E-state index in [-0.39, 0.29) is 11.3 Å². The number of aryl methyl sites for hydroxylation is 1. The Bertz CT molecular complexity index is 610. The number of hydrogen-bond donors (Lipinski definition) is 2. The first-order valence-electron chi connectivity index (χ1n) is 6.38. The molecule has 0 bridgehead atoms. The third-order valence-electron chi connectivity index (χ3n) is 2.92. The van der Waals surface area contributed by atoms with E-state index in [2.05, 4.69) is 17.2 Å². The summed E-state index contributed by atoms with van der Waals surface area (Å²) >= 11 is 0. The molecule has 0 saturated heterocycles. The Morgan fingerprint density at radius 2 is 2.30 bits per heavy atom. The summed E-state index contributed by atoms with van der Waals surface area (Å²) in [6, 6.07) is 3.66. The van der Waals surface area contributed by atoms with Gasteiger partial charge in [0.1, 0.15) is 11.6 Å². The lowest BCUT2D eigenvalue weighted by Gasteiger charge is -2.10. The Morgan fingerprint density at radius 1 is 1.50 bits per heavy atom. The van der Waals surface area contributed by atoms with E-state index in [1.165, 1.54) is 12.1 Å². The van der Waals surface area contributed by atoms with Gasteiger partial charge in [0.15, 0.2) is 0 Å². The van der Waals surface area contributed by atoms with Crippen LogP contribution in [0.4, 0.5) is 10.1 Å². The highest BCUT2D eigenvalue weighted by atomic mass is 19.1. The monoisotopic (exact) mass is 277 g/mol. The van der Waals surface area contributed by atoms with Crippen LogP contribution in [0.5, 0.6) is 0 Å². The lowest BCUT2D eigenvalue weighted by molar-refractivity contribution is 0.0697. The van der Waals surface area contributed by atoms with Crippen molar-refractivity contribution < 1.29 is 14.3 Å². The number of hydrogen-bond acceptors (Lipinski definition) is 3. The fraction of sp³-hybridized carbons (Fsp3) is 0.286. The highest BCUT2D eigenvalue weighted by molar-refractivity contribution is 5.88. The zero-order valence-corrected chi connectivity index (χ0v) is 11.1. The molecule has 20 heavy (non-hydrogen) atoms. The van der Waals surface area contributed by atoms with Crippen molar-refractivity contribution in [3.8, 4) is 0 Å². The molecule has 0 radical (unpaired) electrons. The van der Waals surface area contributed by atoms with E-state index >= 15 is 0 Å². The highest BCUT2D eigenvalue weighted by Gasteiger charge is 2.09. The van der Waals surface area contributed by atoms with E-state index in [4.69, 9.17) is 5.11 Å². The number of carboxylic acids is 1. The average molecular weight is 277 g/mol. The van der Waals surface area contributed by atoms with Gasteiger partial charge in [0.2, 0.25) is 0 Å². The molecule has 0 amide bonds. The van der Waals surface area contributed by atoms with Crippen molar-refractivity contribution in [3.63, 3.8) is 0 Å². The third-order valence-corrected chi connectivity index (χ3v) is 2.92. The number of rotatable bonds is 6. The quantitative estimate of drug-likeness (QED) is 0.852. The number of carbonyl (C=O) groups is 1. The molecule has 1 aromatic carbocycles. The number of benzene rings is 1. The summed E-state index contributed by atoms with van der Waals surface area (Å²) in [6.07, 6.45) is 4.54. The fourth-order valence-electron chi connectivity index (χ4n) is 1.92. The van der Waals surface area contributed by atoms with E-state index in [9.17, 15) is 9.18 Å². The normalized spacial score (nSPS) is 10.5. The molecule has 0 fully saturated rings. The minimum absolute atomic E-state index is 0.0470. The van der Waals surface area contributed by atoms with Crippen molar-refractivity contribution in [2.75, 3.05) is 5.32 Å². The number of nitrogens with zero attached hydrogens (tertiary/aromatic N) is 2. The Morgan fingerprint density at radius 3 is 3.00 bits per heavy atom. The van der Waals surface area contributed by atoms with Crippen LogP contribution in [0.2, 0.25) is 0 Å². The highest BCUT2D eigenvalue weighted by Crippen LogP contribution is 2.17. The van der Waals surface area contributed by atoms with E-state index in [0.717, 1.165) is 24.9 Å². The number of halogens is 1. The molecule has 1 aromatic heterocycles. The smallest absolute Gasteiger partial charge is 0.335 e. The van der Waals surface area contributed by atoms with Crippen molar-refractivity contribution in [2.24, 2.45) is 0 Å². The van der Waals surface area contributed by atoms with Gasteiger partial charge in [-0.3, -0.25) is 0 Å². The molecule has 5 nitrogen and oxygen atoms in total. The molecule has 2 aromatic rings. The number of carboxylic acid groups (broad SMARTS) is 1. The van der Waals surface area contributed by atoms with Crippen LogP contribution in [-0.2, 0) is 13.1 Å². The molecule has 0 spiro atoms. The number of aromatic nitrogens is 2. The largest absolute Gasteiger partial charge is 0.478 e. The molecule has 0 atom stereocenters. The maximum atomic E-state index is 13.6. The summed E-state index contributed by atoms with van der Waals surface area (Å²) in [6.45, 7) is 3.24. The SMILES string of the molecule is CCCn1ccnc1CNc1cc(C(=O)O)ccc1F. The van der Waals surface area contributed by atoms with Crippen molar-refractivity contribution in [1.82, 2.24) is 9.55 Å². The van der Waals surface area contributed by atoms with E-state index in [1.54, 1.807) is 6.20 Å². The second kappa shape index (κ2) is 6.18. The number of imidazole rings is 1. The molecule has 6 heteroatoms. The molecule has 2 rings (SSSR count). The molecule has 2 N–H and O–H groups in total. The second-order valence-electron chi connectivity index (χ2n) is 4.39. The molecular formula is C14H16FN3O2. The third kappa shape index (κ3) is 3.14. The van der Waals surface area contributed by atoms with Crippen LogP contribution < -0.4 is 5.32 Å². The van der Waals surface area contributed by atoms with Gasteiger partial charge < -0.3 is 15.0 Å². The van der Waals surface area contributed by atoms with Crippen molar-refractivity contribution in [3.05, 3.63) is 47.8 Å². The van der Waals surface area contributed by atoms with E-state index in [0.29, 0.717) is 6.54 Å². The summed E-state index contributed by atoms with van der Waals surface area (Å²) in [4.78, 5) is 15.1.